The van der Waals surface area contributed by atoms with E-state index >= 15 is 0 Å². The topological polar surface area (TPSA) is 124 Å². The summed E-state index contributed by atoms with van der Waals surface area (Å²) in [6.07, 6.45) is 0.436. The van der Waals surface area contributed by atoms with Crippen LogP contribution in [0, 0.1) is 0 Å². The fraction of sp³-hybridized carbons (Fsp3) is 0.348. The Hall–Kier alpha value is -3.46. The Morgan fingerprint density at radius 1 is 1.12 bits per heavy atom. The van der Waals surface area contributed by atoms with Crippen molar-refractivity contribution in [2.24, 2.45) is 0 Å². The number of nitrogens with one attached hydrogen (secondary N) is 2. The van der Waals surface area contributed by atoms with E-state index in [1.165, 1.54) is 25.4 Å². The van der Waals surface area contributed by atoms with Crippen LogP contribution >= 0.6 is 11.6 Å². The smallest absolute Gasteiger partial charge is 0.408 e. The number of carbonyl (C=O) groups is 4. The number of benzene rings is 1. The van der Waals surface area contributed by atoms with Crippen molar-refractivity contribution in [2.75, 3.05) is 12.4 Å². The molecule has 2 N–H and O–H groups in total. The molecular weight excluding hydrogens is 450 g/mol. The van der Waals surface area contributed by atoms with Crippen LogP contribution in [0.5, 0.6) is 0 Å². The van der Waals surface area contributed by atoms with Gasteiger partial charge in [0.05, 0.1) is 12.8 Å². The molecule has 176 valence electrons. The summed E-state index contributed by atoms with van der Waals surface area (Å²) in [7, 11) is 1.23. The first-order chi connectivity index (χ1) is 15.5. The number of aromatic nitrogens is 1. The summed E-state index contributed by atoms with van der Waals surface area (Å²) in [5, 5.41) is 5.45. The Morgan fingerprint density at radius 2 is 1.82 bits per heavy atom. The first-order valence-corrected chi connectivity index (χ1v) is 10.5. The van der Waals surface area contributed by atoms with Gasteiger partial charge in [-0.15, -0.1) is 0 Å². The maximum atomic E-state index is 13.0. The summed E-state index contributed by atoms with van der Waals surface area (Å²) in [5.41, 5.74) is -0.276. The van der Waals surface area contributed by atoms with Gasteiger partial charge in [-0.3, -0.25) is 19.4 Å². The third-order valence-corrected chi connectivity index (χ3v) is 4.49. The van der Waals surface area contributed by atoms with Crippen LogP contribution in [0.15, 0.2) is 42.6 Å². The summed E-state index contributed by atoms with van der Waals surface area (Å²) in [4.78, 5) is 53.8. The molecule has 9 nitrogen and oxygen atoms in total. The van der Waals surface area contributed by atoms with Crippen LogP contribution in [0.3, 0.4) is 0 Å². The predicted octanol–water partition coefficient (Wildman–Crippen LogP) is 3.75. The number of para-hydroxylation sites is 1. The highest BCUT2D eigenvalue weighted by atomic mass is 35.5. The van der Waals surface area contributed by atoms with E-state index in [9.17, 15) is 19.2 Å². The minimum absolute atomic E-state index is 0.0380. The molecule has 2 aromatic rings. The summed E-state index contributed by atoms with van der Waals surface area (Å²) in [6.45, 7) is 5.05. The lowest BCUT2D eigenvalue weighted by Gasteiger charge is -2.23. The lowest BCUT2D eigenvalue weighted by Crippen LogP contribution is -2.46. The normalized spacial score (nSPS) is 11.8. The number of hydrogen-bond donors (Lipinski definition) is 2. The molecule has 0 radical (unpaired) electrons. The van der Waals surface area contributed by atoms with Crippen molar-refractivity contribution in [3.63, 3.8) is 0 Å². The van der Waals surface area contributed by atoms with Crippen molar-refractivity contribution in [2.45, 2.75) is 45.3 Å². The molecule has 10 heteroatoms. The van der Waals surface area contributed by atoms with E-state index in [1.807, 2.05) is 0 Å². The standard InChI is InChI=1S/C23H26ClN3O6/c1-23(2,3)33-22(31)27-17(9-10-19(28)32-4)21(30)26-16-8-6-5-7-15(16)20(29)18-13-14(24)11-12-25-18/h5-8,11-13,17H,9-10H2,1-4H3,(H,26,30)(H,27,31)/t17-/m0/s1. The van der Waals surface area contributed by atoms with E-state index in [0.29, 0.717) is 5.02 Å². The lowest BCUT2D eigenvalue weighted by molar-refractivity contribution is -0.140. The van der Waals surface area contributed by atoms with Crippen molar-refractivity contribution < 1.29 is 28.7 Å². The van der Waals surface area contributed by atoms with Crippen LogP contribution in [0.2, 0.25) is 5.02 Å². The maximum absolute atomic E-state index is 13.0. The first kappa shape index (κ1) is 25.8. The van der Waals surface area contributed by atoms with E-state index in [-0.39, 0.29) is 29.8 Å². The minimum atomic E-state index is -1.12. The number of alkyl carbamates (subject to hydrolysis) is 1. The van der Waals surface area contributed by atoms with Gasteiger partial charge in [-0.05, 0) is 51.5 Å². The molecule has 0 aliphatic carbocycles. The highest BCUT2D eigenvalue weighted by molar-refractivity contribution is 6.31. The van der Waals surface area contributed by atoms with Crippen LogP contribution in [0.1, 0.15) is 49.7 Å². The second kappa shape index (κ2) is 11.4. The van der Waals surface area contributed by atoms with Gasteiger partial charge in [0.15, 0.2) is 0 Å². The molecule has 1 heterocycles. The number of esters is 1. The molecule has 0 aliphatic heterocycles. The molecule has 2 amide bonds. The Labute approximate surface area is 196 Å². The van der Waals surface area contributed by atoms with Gasteiger partial charge in [0, 0.05) is 23.2 Å². The van der Waals surface area contributed by atoms with Crippen LogP contribution in [0.4, 0.5) is 10.5 Å². The number of hydrogen-bond acceptors (Lipinski definition) is 7. The Bertz CT molecular complexity index is 1030. The third-order valence-electron chi connectivity index (χ3n) is 4.26. The average Bonchev–Trinajstić information content (AvgIpc) is 2.74. The van der Waals surface area contributed by atoms with Gasteiger partial charge in [0.25, 0.3) is 0 Å². The van der Waals surface area contributed by atoms with E-state index in [4.69, 9.17) is 16.3 Å². The second-order valence-corrected chi connectivity index (χ2v) is 8.47. The van der Waals surface area contributed by atoms with Crippen molar-refractivity contribution in [1.29, 1.82) is 0 Å². The molecule has 0 saturated carbocycles. The van der Waals surface area contributed by atoms with Crippen LogP contribution < -0.4 is 10.6 Å². The van der Waals surface area contributed by atoms with Crippen LogP contribution in [0.25, 0.3) is 0 Å². The lowest BCUT2D eigenvalue weighted by atomic mass is 10.0. The highest BCUT2D eigenvalue weighted by Gasteiger charge is 2.26. The molecule has 0 fully saturated rings. The SMILES string of the molecule is COC(=O)CC[C@H](NC(=O)OC(C)(C)C)C(=O)Nc1ccccc1C(=O)c1cc(Cl)ccn1. The largest absolute Gasteiger partial charge is 0.469 e. The predicted molar refractivity (Wildman–Crippen MR) is 122 cm³/mol. The molecule has 0 saturated heterocycles. The fourth-order valence-electron chi connectivity index (χ4n) is 2.76. The van der Waals surface area contributed by atoms with Crippen LogP contribution in [-0.4, -0.2) is 47.5 Å². The quantitative estimate of drug-likeness (QED) is 0.440. The molecule has 1 aromatic carbocycles. The highest BCUT2D eigenvalue weighted by Crippen LogP contribution is 2.21. The van der Waals surface area contributed by atoms with E-state index < -0.39 is 35.4 Å². The number of nitrogens with zero attached hydrogens (tertiary/aromatic N) is 1. The molecular formula is C23H26ClN3O6. The first-order valence-electron chi connectivity index (χ1n) is 10.1. The van der Waals surface area contributed by atoms with E-state index in [1.54, 1.807) is 45.0 Å². The number of anilines is 1. The molecule has 33 heavy (non-hydrogen) atoms. The van der Waals surface area contributed by atoms with E-state index in [0.717, 1.165) is 0 Å². The Morgan fingerprint density at radius 3 is 2.45 bits per heavy atom. The van der Waals surface area contributed by atoms with Gasteiger partial charge in [-0.25, -0.2) is 4.79 Å². The van der Waals surface area contributed by atoms with Crippen molar-refractivity contribution in [3.05, 3.63) is 58.9 Å². The summed E-state index contributed by atoms with van der Waals surface area (Å²) >= 11 is 5.96. The number of halogens is 1. The summed E-state index contributed by atoms with van der Waals surface area (Å²) < 4.78 is 9.83. The third kappa shape index (κ3) is 8.19. The van der Waals surface area contributed by atoms with Crippen LogP contribution in [-0.2, 0) is 19.1 Å². The number of carbonyl (C=O) groups excluding carboxylic acids is 4. The molecule has 0 bridgehead atoms. The molecule has 0 unspecified atom stereocenters. The zero-order chi connectivity index (χ0) is 24.6. The van der Waals surface area contributed by atoms with E-state index in [2.05, 4.69) is 20.4 Å². The second-order valence-electron chi connectivity index (χ2n) is 8.04. The molecule has 2 rings (SSSR count). The van der Waals surface area contributed by atoms with Crippen molar-refractivity contribution in [1.82, 2.24) is 10.3 Å². The summed E-state index contributed by atoms with van der Waals surface area (Å²) in [5.74, 6) is -1.62. The molecule has 0 spiro atoms. The Balaban J connectivity index is 2.24. The number of rotatable bonds is 8. The number of methoxy groups -OCH3 is 1. The molecule has 1 aromatic heterocycles. The zero-order valence-electron chi connectivity index (χ0n) is 18.8. The van der Waals surface area contributed by atoms with Gasteiger partial charge < -0.3 is 20.1 Å². The molecule has 0 aliphatic rings. The number of ketones is 1. The number of amides is 2. The minimum Gasteiger partial charge on any atom is -0.469 e. The Kier molecular flexibility index (Phi) is 8.93. The fourth-order valence-corrected chi connectivity index (χ4v) is 2.92. The van der Waals surface area contributed by atoms with Gasteiger partial charge in [0.2, 0.25) is 11.7 Å². The van der Waals surface area contributed by atoms with Gasteiger partial charge in [0.1, 0.15) is 17.3 Å². The number of pyridine rings is 1. The van der Waals surface area contributed by atoms with Crippen molar-refractivity contribution >= 4 is 41.0 Å². The van der Waals surface area contributed by atoms with Gasteiger partial charge in [-0.2, -0.15) is 0 Å². The summed E-state index contributed by atoms with van der Waals surface area (Å²) in [6, 6.07) is 8.20. The van der Waals surface area contributed by atoms with Gasteiger partial charge >= 0.3 is 12.1 Å². The maximum Gasteiger partial charge on any atom is 0.408 e. The molecule has 1 atom stereocenters. The monoisotopic (exact) mass is 475 g/mol. The van der Waals surface area contributed by atoms with Gasteiger partial charge in [-0.1, -0.05) is 23.7 Å². The average molecular weight is 476 g/mol. The number of ether oxygens (including phenoxy) is 2. The zero-order valence-corrected chi connectivity index (χ0v) is 19.6. The van der Waals surface area contributed by atoms with Crippen molar-refractivity contribution in [3.8, 4) is 0 Å².